The van der Waals surface area contributed by atoms with Gasteiger partial charge in [-0.2, -0.15) is 5.26 Å². The summed E-state index contributed by atoms with van der Waals surface area (Å²) in [4.78, 5) is 16.2. The summed E-state index contributed by atoms with van der Waals surface area (Å²) in [6.07, 6.45) is 0. The summed E-state index contributed by atoms with van der Waals surface area (Å²) in [5.74, 6) is -1.04. The van der Waals surface area contributed by atoms with Crippen molar-refractivity contribution in [3.05, 3.63) is 63.4 Å². The van der Waals surface area contributed by atoms with E-state index >= 15 is 0 Å². The van der Waals surface area contributed by atoms with Crippen molar-refractivity contribution >= 4 is 34.8 Å². The molecule has 1 fully saturated rings. The number of hydrogen-bond acceptors (Lipinski definition) is 3. The van der Waals surface area contributed by atoms with Crippen LogP contribution in [0.1, 0.15) is 15.9 Å². The van der Waals surface area contributed by atoms with E-state index in [-0.39, 0.29) is 10.6 Å². The Bertz CT molecular complexity index is 838. The van der Waals surface area contributed by atoms with Crippen molar-refractivity contribution in [2.75, 3.05) is 31.1 Å². The highest BCUT2D eigenvalue weighted by Gasteiger charge is 2.26. The predicted octanol–water partition coefficient (Wildman–Crippen LogP) is 3.97. The minimum absolute atomic E-state index is 0.0955. The molecule has 0 saturated carbocycles. The highest BCUT2D eigenvalue weighted by atomic mass is 35.5. The zero-order chi connectivity index (χ0) is 18.0. The topological polar surface area (TPSA) is 47.3 Å². The van der Waals surface area contributed by atoms with Crippen LogP contribution in [-0.2, 0) is 0 Å². The van der Waals surface area contributed by atoms with Crippen LogP contribution in [-0.4, -0.2) is 37.0 Å². The SMILES string of the molecule is N#Cc1cc(Cl)ccc1N1CCN(C(=O)c2c(F)cccc2Cl)CC1. The molecule has 0 radical (unpaired) electrons. The third-order valence-electron chi connectivity index (χ3n) is 4.16. The molecule has 4 nitrogen and oxygen atoms in total. The third-order valence-corrected chi connectivity index (χ3v) is 4.71. The second-order valence-corrected chi connectivity index (χ2v) is 6.49. The van der Waals surface area contributed by atoms with Gasteiger partial charge in [0.05, 0.1) is 21.8 Å². The van der Waals surface area contributed by atoms with E-state index in [0.29, 0.717) is 36.8 Å². The second-order valence-electron chi connectivity index (χ2n) is 5.65. The van der Waals surface area contributed by atoms with Crippen molar-refractivity contribution in [3.63, 3.8) is 0 Å². The fourth-order valence-corrected chi connectivity index (χ4v) is 3.30. The summed E-state index contributed by atoms with van der Waals surface area (Å²) < 4.78 is 13.9. The maximum absolute atomic E-state index is 13.9. The Morgan fingerprint density at radius 2 is 1.84 bits per heavy atom. The summed E-state index contributed by atoms with van der Waals surface area (Å²) in [5.41, 5.74) is 1.18. The number of benzene rings is 2. The number of carbonyl (C=O) groups excluding carboxylic acids is 1. The maximum Gasteiger partial charge on any atom is 0.258 e. The average molecular weight is 378 g/mol. The molecule has 1 aliphatic rings. The van der Waals surface area contributed by atoms with Gasteiger partial charge in [0.1, 0.15) is 11.9 Å². The first-order valence-corrected chi connectivity index (χ1v) is 8.44. The molecule has 25 heavy (non-hydrogen) atoms. The normalized spacial score (nSPS) is 14.3. The molecule has 3 rings (SSSR count). The van der Waals surface area contributed by atoms with Gasteiger partial charge in [0.25, 0.3) is 5.91 Å². The average Bonchev–Trinajstić information content (AvgIpc) is 2.61. The second kappa shape index (κ2) is 7.30. The van der Waals surface area contributed by atoms with Crippen molar-refractivity contribution < 1.29 is 9.18 Å². The van der Waals surface area contributed by atoms with Crippen molar-refractivity contribution in [1.29, 1.82) is 5.26 Å². The molecular formula is C18H14Cl2FN3O. The number of rotatable bonds is 2. The van der Waals surface area contributed by atoms with Gasteiger partial charge in [-0.05, 0) is 30.3 Å². The summed E-state index contributed by atoms with van der Waals surface area (Å²) >= 11 is 11.9. The van der Waals surface area contributed by atoms with E-state index in [1.807, 2.05) is 4.90 Å². The van der Waals surface area contributed by atoms with Crippen LogP contribution in [0, 0.1) is 17.1 Å². The van der Waals surface area contributed by atoms with Gasteiger partial charge in [-0.15, -0.1) is 0 Å². The zero-order valence-corrected chi connectivity index (χ0v) is 14.7. The Hall–Kier alpha value is -2.29. The first kappa shape index (κ1) is 17.5. The fourth-order valence-electron chi connectivity index (χ4n) is 2.88. The molecular weight excluding hydrogens is 364 g/mol. The summed E-state index contributed by atoms with van der Waals surface area (Å²) in [6.45, 7) is 1.90. The van der Waals surface area contributed by atoms with E-state index < -0.39 is 11.7 Å². The fraction of sp³-hybridized carbons (Fsp3) is 0.222. The quantitative estimate of drug-likeness (QED) is 0.795. The molecule has 0 atom stereocenters. The van der Waals surface area contributed by atoms with Gasteiger partial charge >= 0.3 is 0 Å². The van der Waals surface area contributed by atoms with Gasteiger partial charge in [-0.1, -0.05) is 29.3 Å². The molecule has 0 N–H and O–H groups in total. The van der Waals surface area contributed by atoms with Gasteiger partial charge in [-0.3, -0.25) is 4.79 Å². The number of nitriles is 1. The first-order valence-electron chi connectivity index (χ1n) is 7.69. The van der Waals surface area contributed by atoms with Gasteiger partial charge in [0.2, 0.25) is 0 Å². The monoisotopic (exact) mass is 377 g/mol. The van der Waals surface area contributed by atoms with Crippen LogP contribution in [0.2, 0.25) is 10.0 Å². The molecule has 7 heteroatoms. The van der Waals surface area contributed by atoms with E-state index in [0.717, 1.165) is 5.69 Å². The number of carbonyl (C=O) groups is 1. The van der Waals surface area contributed by atoms with Gasteiger partial charge in [0.15, 0.2) is 0 Å². The molecule has 1 amide bonds. The maximum atomic E-state index is 13.9. The highest BCUT2D eigenvalue weighted by molar-refractivity contribution is 6.33. The van der Waals surface area contributed by atoms with Crippen molar-refractivity contribution in [2.45, 2.75) is 0 Å². The van der Waals surface area contributed by atoms with Crippen molar-refractivity contribution in [3.8, 4) is 6.07 Å². The Morgan fingerprint density at radius 1 is 1.12 bits per heavy atom. The minimum Gasteiger partial charge on any atom is -0.367 e. The van der Waals surface area contributed by atoms with Crippen LogP contribution in [0.15, 0.2) is 36.4 Å². The molecule has 128 valence electrons. The molecule has 0 spiro atoms. The van der Waals surface area contributed by atoms with Crippen LogP contribution in [0.25, 0.3) is 0 Å². The Balaban J connectivity index is 1.74. The minimum atomic E-state index is -0.621. The standard InChI is InChI=1S/C18H14Cl2FN3O/c19-13-4-5-16(12(10-13)11-22)23-6-8-24(9-7-23)18(25)17-14(20)2-1-3-15(17)21/h1-5,10H,6-9H2. The van der Waals surface area contributed by atoms with E-state index in [1.54, 1.807) is 23.1 Å². The lowest BCUT2D eigenvalue weighted by molar-refractivity contribution is 0.0742. The van der Waals surface area contributed by atoms with Crippen LogP contribution < -0.4 is 4.90 Å². The highest BCUT2D eigenvalue weighted by Crippen LogP contribution is 2.26. The molecule has 0 bridgehead atoms. The summed E-state index contributed by atoms with van der Waals surface area (Å²) in [7, 11) is 0. The van der Waals surface area contributed by atoms with Gasteiger partial charge in [-0.25, -0.2) is 4.39 Å². The molecule has 0 aliphatic carbocycles. The van der Waals surface area contributed by atoms with Crippen LogP contribution in [0.3, 0.4) is 0 Å². The molecule has 1 aliphatic heterocycles. The zero-order valence-electron chi connectivity index (χ0n) is 13.2. The van der Waals surface area contributed by atoms with Crippen molar-refractivity contribution in [1.82, 2.24) is 4.90 Å². The molecule has 2 aromatic rings. The summed E-state index contributed by atoms with van der Waals surface area (Å²) in [5, 5.41) is 9.88. The molecule has 1 heterocycles. The van der Waals surface area contributed by atoms with Crippen LogP contribution in [0.5, 0.6) is 0 Å². The summed E-state index contributed by atoms with van der Waals surface area (Å²) in [6, 6.07) is 11.5. The largest absolute Gasteiger partial charge is 0.367 e. The number of hydrogen-bond donors (Lipinski definition) is 0. The van der Waals surface area contributed by atoms with E-state index in [4.69, 9.17) is 23.2 Å². The lowest BCUT2D eigenvalue weighted by Gasteiger charge is -2.36. The molecule has 0 unspecified atom stereocenters. The van der Waals surface area contributed by atoms with Crippen LogP contribution >= 0.6 is 23.2 Å². The van der Waals surface area contributed by atoms with Gasteiger partial charge in [0, 0.05) is 31.2 Å². The van der Waals surface area contributed by atoms with E-state index in [2.05, 4.69) is 6.07 Å². The molecule has 1 saturated heterocycles. The number of amides is 1. The Kier molecular flexibility index (Phi) is 5.12. The number of nitrogens with zero attached hydrogens (tertiary/aromatic N) is 3. The molecule has 0 aromatic heterocycles. The van der Waals surface area contributed by atoms with Crippen molar-refractivity contribution in [2.24, 2.45) is 0 Å². The number of anilines is 1. The first-order chi connectivity index (χ1) is 12.0. The third kappa shape index (κ3) is 3.55. The lowest BCUT2D eigenvalue weighted by Crippen LogP contribution is -2.49. The van der Waals surface area contributed by atoms with Gasteiger partial charge < -0.3 is 9.80 Å². The Morgan fingerprint density at radius 3 is 2.48 bits per heavy atom. The lowest BCUT2D eigenvalue weighted by atomic mass is 10.1. The predicted molar refractivity (Wildman–Crippen MR) is 95.7 cm³/mol. The van der Waals surface area contributed by atoms with E-state index in [9.17, 15) is 14.4 Å². The molecule has 2 aromatic carbocycles. The number of halogens is 3. The number of piperazine rings is 1. The smallest absolute Gasteiger partial charge is 0.258 e. The Labute approximate surface area is 155 Å². The van der Waals surface area contributed by atoms with Crippen LogP contribution in [0.4, 0.5) is 10.1 Å². The van der Waals surface area contributed by atoms with E-state index in [1.165, 1.54) is 18.2 Å².